The molecule has 1 saturated carbocycles. The molecule has 1 fully saturated rings. The lowest BCUT2D eigenvalue weighted by Gasteiger charge is -2.30. The van der Waals surface area contributed by atoms with Crippen molar-refractivity contribution in [1.82, 2.24) is 5.32 Å². The van der Waals surface area contributed by atoms with Gasteiger partial charge in [0.1, 0.15) is 0 Å². The van der Waals surface area contributed by atoms with E-state index in [2.05, 4.69) is 12.2 Å². The molecule has 30 heavy (non-hydrogen) atoms. The summed E-state index contributed by atoms with van der Waals surface area (Å²) in [6.45, 7) is 4.25. The van der Waals surface area contributed by atoms with E-state index < -0.39 is 0 Å². The highest BCUT2D eigenvalue weighted by Crippen LogP contribution is 2.42. The van der Waals surface area contributed by atoms with E-state index in [4.69, 9.17) is 0 Å². The zero-order valence-electron chi connectivity index (χ0n) is 17.8. The van der Waals surface area contributed by atoms with Crippen molar-refractivity contribution in [2.45, 2.75) is 50.5 Å². The van der Waals surface area contributed by atoms with Gasteiger partial charge in [-0.1, -0.05) is 55.8 Å². The molecule has 0 unspecified atom stereocenters. The number of rotatable bonds is 3. The third kappa shape index (κ3) is 4.17. The Hall–Kier alpha value is -2.53. The van der Waals surface area contributed by atoms with Crippen LogP contribution >= 0.6 is 11.8 Å². The van der Waals surface area contributed by atoms with Gasteiger partial charge in [0, 0.05) is 23.5 Å². The van der Waals surface area contributed by atoms with E-state index in [1.807, 2.05) is 55.5 Å². The summed E-state index contributed by atoms with van der Waals surface area (Å²) in [5.74, 6) is 0.409. The minimum atomic E-state index is -0.0522. The molecule has 4 nitrogen and oxygen atoms in total. The molecule has 1 aliphatic carbocycles. The lowest BCUT2D eigenvalue weighted by Crippen LogP contribution is -2.41. The number of aryl methyl sites for hydroxylation is 1. The first-order chi connectivity index (χ1) is 14.4. The van der Waals surface area contributed by atoms with Crippen molar-refractivity contribution < 1.29 is 9.59 Å². The van der Waals surface area contributed by atoms with Crippen LogP contribution in [0.2, 0.25) is 0 Å². The van der Waals surface area contributed by atoms with Gasteiger partial charge in [0.2, 0.25) is 0 Å². The quantitative estimate of drug-likeness (QED) is 0.675. The van der Waals surface area contributed by atoms with Crippen LogP contribution in [0.15, 0.2) is 52.3 Å². The van der Waals surface area contributed by atoms with E-state index in [0.29, 0.717) is 16.4 Å². The molecular formula is C25H28N2O2S. The van der Waals surface area contributed by atoms with E-state index in [-0.39, 0.29) is 17.9 Å². The molecule has 2 aromatic carbocycles. The maximum atomic E-state index is 13.0. The highest BCUT2D eigenvalue weighted by Gasteiger charge is 2.28. The van der Waals surface area contributed by atoms with E-state index in [0.717, 1.165) is 28.1 Å². The van der Waals surface area contributed by atoms with E-state index in [1.165, 1.54) is 31.0 Å². The Morgan fingerprint density at radius 1 is 1.17 bits per heavy atom. The van der Waals surface area contributed by atoms with Crippen LogP contribution < -0.4 is 10.2 Å². The average molecular weight is 421 g/mol. The fraction of sp³-hybridized carbons (Fsp3) is 0.360. The molecule has 2 aliphatic rings. The molecule has 2 atom stereocenters. The van der Waals surface area contributed by atoms with E-state index in [1.54, 1.807) is 11.9 Å². The molecule has 5 heteroatoms. The minimum absolute atomic E-state index is 0.0470. The normalized spacial score (nSPS) is 22.7. The van der Waals surface area contributed by atoms with Gasteiger partial charge in [-0.3, -0.25) is 9.59 Å². The molecule has 0 saturated heterocycles. The summed E-state index contributed by atoms with van der Waals surface area (Å²) in [5, 5.41) is 3.20. The molecule has 156 valence electrons. The third-order valence-electron chi connectivity index (χ3n) is 6.22. The Labute approximate surface area is 182 Å². The number of amides is 2. The number of fused-ring (bicyclic) bond motifs is 1. The van der Waals surface area contributed by atoms with Crippen LogP contribution in [0.5, 0.6) is 0 Å². The van der Waals surface area contributed by atoms with Gasteiger partial charge in [0.15, 0.2) is 0 Å². The zero-order valence-corrected chi connectivity index (χ0v) is 18.6. The first-order valence-corrected chi connectivity index (χ1v) is 11.4. The van der Waals surface area contributed by atoms with Crippen molar-refractivity contribution in [3.63, 3.8) is 0 Å². The van der Waals surface area contributed by atoms with Crippen LogP contribution in [0.3, 0.4) is 0 Å². The summed E-state index contributed by atoms with van der Waals surface area (Å²) in [7, 11) is 1.78. The first-order valence-electron chi connectivity index (χ1n) is 10.6. The van der Waals surface area contributed by atoms with Gasteiger partial charge >= 0.3 is 0 Å². The number of carbonyl (C=O) groups excluding carboxylic acids is 2. The minimum Gasteiger partial charge on any atom is -0.349 e. The van der Waals surface area contributed by atoms with Crippen molar-refractivity contribution in [3.8, 4) is 0 Å². The summed E-state index contributed by atoms with van der Waals surface area (Å²) in [6, 6.07) is 13.9. The Balaban J connectivity index is 1.57. The maximum absolute atomic E-state index is 13.0. The fourth-order valence-electron chi connectivity index (χ4n) is 4.21. The topological polar surface area (TPSA) is 49.4 Å². The molecule has 1 aliphatic heterocycles. The molecule has 1 N–H and O–H groups in total. The van der Waals surface area contributed by atoms with Crippen molar-refractivity contribution in [1.29, 1.82) is 0 Å². The lowest BCUT2D eigenvalue weighted by molar-refractivity contribution is -0.114. The monoisotopic (exact) mass is 420 g/mol. The van der Waals surface area contributed by atoms with Crippen molar-refractivity contribution in [2.24, 2.45) is 5.92 Å². The predicted octanol–water partition coefficient (Wildman–Crippen LogP) is 5.41. The highest BCUT2D eigenvalue weighted by atomic mass is 32.2. The molecule has 2 aromatic rings. The molecular weight excluding hydrogens is 392 g/mol. The number of thioether (sulfide) groups is 1. The molecule has 0 spiro atoms. The lowest BCUT2D eigenvalue weighted by atomic mass is 9.86. The van der Waals surface area contributed by atoms with Gasteiger partial charge in [0.25, 0.3) is 11.8 Å². The number of hydrogen-bond donors (Lipinski definition) is 1. The Morgan fingerprint density at radius 2 is 1.93 bits per heavy atom. The second kappa shape index (κ2) is 8.68. The van der Waals surface area contributed by atoms with Gasteiger partial charge in [-0.15, -0.1) is 0 Å². The van der Waals surface area contributed by atoms with E-state index in [9.17, 15) is 9.59 Å². The third-order valence-corrected chi connectivity index (χ3v) is 7.30. The van der Waals surface area contributed by atoms with Crippen LogP contribution in [-0.2, 0) is 4.79 Å². The fourth-order valence-corrected chi connectivity index (χ4v) is 5.29. The molecule has 0 radical (unpaired) electrons. The van der Waals surface area contributed by atoms with E-state index >= 15 is 0 Å². The number of benzene rings is 2. The summed E-state index contributed by atoms with van der Waals surface area (Å²) in [5.41, 5.74) is 3.58. The summed E-state index contributed by atoms with van der Waals surface area (Å²) in [4.78, 5) is 29.1. The smallest absolute Gasteiger partial charge is 0.264 e. The maximum Gasteiger partial charge on any atom is 0.264 e. The number of nitrogens with one attached hydrogen (secondary N) is 1. The average Bonchev–Trinajstić information content (AvgIpc) is 2.74. The van der Waals surface area contributed by atoms with Crippen LogP contribution in [-0.4, -0.2) is 24.9 Å². The van der Waals surface area contributed by atoms with Crippen LogP contribution in [0.4, 0.5) is 5.69 Å². The van der Waals surface area contributed by atoms with Crippen molar-refractivity contribution >= 4 is 35.3 Å². The largest absolute Gasteiger partial charge is 0.349 e. The SMILES string of the molecule is Cc1ccccc1/C=C1\Sc2ccc(C(=O)N[C@H]3CCCC[C@@H]3C)cc2N(C)C1=O. The van der Waals surface area contributed by atoms with Crippen LogP contribution in [0.25, 0.3) is 6.08 Å². The number of hydrogen-bond acceptors (Lipinski definition) is 3. The van der Waals surface area contributed by atoms with Gasteiger partial charge in [0.05, 0.1) is 10.6 Å². The number of likely N-dealkylation sites (N-methyl/N-ethyl adjacent to an activating group) is 1. The second-order valence-corrected chi connectivity index (χ2v) is 9.44. The number of carbonyl (C=O) groups is 2. The summed E-state index contributed by atoms with van der Waals surface area (Å²) < 4.78 is 0. The second-order valence-electron chi connectivity index (χ2n) is 8.36. The Morgan fingerprint density at radius 3 is 2.70 bits per heavy atom. The number of nitrogens with zero attached hydrogens (tertiary/aromatic N) is 1. The molecule has 2 amide bonds. The molecule has 0 aromatic heterocycles. The molecule has 4 rings (SSSR count). The molecule has 1 heterocycles. The predicted molar refractivity (Wildman–Crippen MR) is 124 cm³/mol. The Bertz CT molecular complexity index is 1010. The Kier molecular flexibility index (Phi) is 6.00. The van der Waals surface area contributed by atoms with Crippen LogP contribution in [0.1, 0.15) is 54.1 Å². The van der Waals surface area contributed by atoms with Gasteiger partial charge in [-0.05, 0) is 61.1 Å². The van der Waals surface area contributed by atoms with Crippen LogP contribution in [0, 0.1) is 12.8 Å². The van der Waals surface area contributed by atoms with Crippen molar-refractivity contribution in [3.05, 3.63) is 64.1 Å². The van der Waals surface area contributed by atoms with Gasteiger partial charge < -0.3 is 10.2 Å². The zero-order chi connectivity index (χ0) is 21.3. The van der Waals surface area contributed by atoms with Crippen molar-refractivity contribution in [2.75, 3.05) is 11.9 Å². The van der Waals surface area contributed by atoms with Gasteiger partial charge in [-0.25, -0.2) is 0 Å². The standard InChI is InChI=1S/C25H28N2O2S/c1-16-8-4-6-10-18(16)15-23-25(29)27(3)21-14-19(12-13-22(21)30-23)24(28)26-20-11-7-5-9-17(20)2/h4,6,8,10,12-15,17,20H,5,7,9,11H2,1-3H3,(H,26,28)/b23-15-/t17-,20-/m0/s1. The summed E-state index contributed by atoms with van der Waals surface area (Å²) >= 11 is 1.47. The van der Waals surface area contributed by atoms with Gasteiger partial charge in [-0.2, -0.15) is 0 Å². The summed E-state index contributed by atoms with van der Waals surface area (Å²) in [6.07, 6.45) is 6.57. The number of anilines is 1. The molecule has 0 bridgehead atoms. The highest BCUT2D eigenvalue weighted by molar-refractivity contribution is 8.04. The first kappa shape index (κ1) is 20.7.